The van der Waals surface area contributed by atoms with Crippen LogP contribution in [0.4, 0.5) is 0 Å². The van der Waals surface area contributed by atoms with Crippen molar-refractivity contribution in [2.24, 2.45) is 5.10 Å². The lowest BCUT2D eigenvalue weighted by atomic mass is 10.2. The Balaban J connectivity index is 1.56. The molecule has 9 nitrogen and oxygen atoms in total. The van der Waals surface area contributed by atoms with Gasteiger partial charge in [-0.15, -0.1) is 10.2 Å². The third-order valence-electron chi connectivity index (χ3n) is 3.46. The number of tetrazole rings is 1. The summed E-state index contributed by atoms with van der Waals surface area (Å²) in [4.78, 5) is 13.1. The van der Waals surface area contributed by atoms with E-state index < -0.39 is 5.91 Å². The number of carbonyl (C=O) groups is 1. The first-order valence-corrected chi connectivity index (χ1v) is 8.26. The highest BCUT2D eigenvalue weighted by molar-refractivity contribution is 5.83. The summed E-state index contributed by atoms with van der Waals surface area (Å²) in [6, 6.07) is 14.1. The molecular weight excluding hydrogens is 348 g/mol. The summed E-state index contributed by atoms with van der Waals surface area (Å²) in [5.74, 6) is 0.448. The molecule has 0 spiro atoms. The van der Waals surface area contributed by atoms with Gasteiger partial charge in [-0.05, 0) is 35.9 Å². The van der Waals surface area contributed by atoms with Crippen LogP contribution in [-0.2, 0) is 11.3 Å². The highest BCUT2D eigenvalue weighted by atomic mass is 16.5. The lowest BCUT2D eigenvalue weighted by Gasteiger charge is -2.05. The molecule has 0 fully saturated rings. The number of benzene rings is 2. The average molecular weight is 366 g/mol. The number of hydrogen-bond acceptors (Lipinski definition) is 7. The van der Waals surface area contributed by atoms with Gasteiger partial charge in [-0.3, -0.25) is 4.79 Å². The number of nitrogens with one attached hydrogen (secondary N) is 1. The van der Waals surface area contributed by atoms with Crippen LogP contribution in [0.15, 0.2) is 53.6 Å². The molecule has 0 atom stereocenters. The zero-order chi connectivity index (χ0) is 19.1. The van der Waals surface area contributed by atoms with Crippen LogP contribution in [0.25, 0.3) is 11.4 Å². The van der Waals surface area contributed by atoms with Gasteiger partial charge >= 0.3 is 0 Å². The van der Waals surface area contributed by atoms with Crippen molar-refractivity contribution in [1.29, 1.82) is 0 Å². The highest BCUT2D eigenvalue weighted by Gasteiger charge is 2.08. The predicted molar refractivity (Wildman–Crippen MR) is 98.3 cm³/mol. The minimum absolute atomic E-state index is 0.0458. The molecule has 9 heteroatoms. The standard InChI is InChI=1S/C18H18N6O3/c1-2-27-16-10-13(8-9-15(16)25)11-19-20-17(26)12-24-22-18(21-23-24)14-6-4-3-5-7-14/h3-11,25H,2,12H2,1H3,(H,20,26)/b19-11+. The molecule has 0 aliphatic rings. The maximum absolute atomic E-state index is 12.0. The van der Waals surface area contributed by atoms with Crippen molar-refractivity contribution >= 4 is 12.1 Å². The number of phenols is 1. The molecule has 27 heavy (non-hydrogen) atoms. The van der Waals surface area contributed by atoms with Crippen LogP contribution in [0.1, 0.15) is 12.5 Å². The van der Waals surface area contributed by atoms with Crippen molar-refractivity contribution in [1.82, 2.24) is 25.6 Å². The van der Waals surface area contributed by atoms with Gasteiger partial charge in [-0.2, -0.15) is 9.90 Å². The molecule has 0 radical (unpaired) electrons. The second-order valence-corrected chi connectivity index (χ2v) is 5.46. The third kappa shape index (κ3) is 4.88. The van der Waals surface area contributed by atoms with Crippen molar-refractivity contribution < 1.29 is 14.6 Å². The van der Waals surface area contributed by atoms with E-state index in [-0.39, 0.29) is 12.3 Å². The van der Waals surface area contributed by atoms with Crippen molar-refractivity contribution in [3.63, 3.8) is 0 Å². The van der Waals surface area contributed by atoms with Crippen LogP contribution >= 0.6 is 0 Å². The second kappa shape index (κ2) is 8.56. The first-order chi connectivity index (χ1) is 13.2. The second-order valence-electron chi connectivity index (χ2n) is 5.46. The first-order valence-electron chi connectivity index (χ1n) is 8.26. The number of hydrogen-bond donors (Lipinski definition) is 2. The summed E-state index contributed by atoms with van der Waals surface area (Å²) < 4.78 is 5.30. The number of nitrogens with zero attached hydrogens (tertiary/aromatic N) is 5. The molecule has 0 aliphatic carbocycles. The molecule has 0 saturated heterocycles. The topological polar surface area (TPSA) is 115 Å². The van der Waals surface area contributed by atoms with E-state index in [2.05, 4.69) is 25.9 Å². The van der Waals surface area contributed by atoms with E-state index in [1.807, 2.05) is 37.3 Å². The number of ether oxygens (including phenoxy) is 1. The normalized spacial score (nSPS) is 10.9. The van der Waals surface area contributed by atoms with Gasteiger partial charge in [-0.25, -0.2) is 5.43 Å². The Labute approximate surface area is 155 Å². The van der Waals surface area contributed by atoms with E-state index in [1.165, 1.54) is 17.1 Å². The molecule has 0 saturated carbocycles. The summed E-state index contributed by atoms with van der Waals surface area (Å²) in [5.41, 5.74) is 3.88. The Bertz CT molecular complexity index is 939. The van der Waals surface area contributed by atoms with Crippen molar-refractivity contribution in [3.8, 4) is 22.9 Å². The number of hydrazone groups is 1. The van der Waals surface area contributed by atoms with E-state index in [0.717, 1.165) is 5.56 Å². The molecule has 138 valence electrons. The van der Waals surface area contributed by atoms with Crippen LogP contribution in [0.3, 0.4) is 0 Å². The average Bonchev–Trinajstić information content (AvgIpc) is 3.13. The zero-order valence-electron chi connectivity index (χ0n) is 14.6. The molecule has 2 N–H and O–H groups in total. The molecule has 0 aliphatic heterocycles. The summed E-state index contributed by atoms with van der Waals surface area (Å²) in [6.45, 7) is 2.14. The molecule has 1 heterocycles. The van der Waals surface area contributed by atoms with Crippen LogP contribution in [0, 0.1) is 0 Å². The maximum Gasteiger partial charge on any atom is 0.263 e. The van der Waals surface area contributed by atoms with Gasteiger partial charge in [0.05, 0.1) is 12.8 Å². The molecule has 3 rings (SSSR count). The number of aromatic hydroxyl groups is 1. The van der Waals surface area contributed by atoms with Crippen molar-refractivity contribution in [2.45, 2.75) is 13.5 Å². The third-order valence-corrected chi connectivity index (χ3v) is 3.46. The van der Waals surface area contributed by atoms with E-state index in [1.54, 1.807) is 12.1 Å². The van der Waals surface area contributed by atoms with Crippen LogP contribution in [0.5, 0.6) is 11.5 Å². The lowest BCUT2D eigenvalue weighted by Crippen LogP contribution is -2.24. The van der Waals surface area contributed by atoms with Gasteiger partial charge < -0.3 is 9.84 Å². The quantitative estimate of drug-likeness (QED) is 0.485. The molecule has 1 amide bonds. The van der Waals surface area contributed by atoms with E-state index >= 15 is 0 Å². The SMILES string of the molecule is CCOc1cc(/C=N/NC(=O)Cn2nnc(-c3ccccc3)n2)ccc1O. The van der Waals surface area contributed by atoms with Gasteiger partial charge in [0.2, 0.25) is 5.82 Å². The van der Waals surface area contributed by atoms with Crippen LogP contribution < -0.4 is 10.2 Å². The molecule has 2 aromatic carbocycles. The summed E-state index contributed by atoms with van der Waals surface area (Å²) in [6.07, 6.45) is 1.45. The molecule has 0 unspecified atom stereocenters. The zero-order valence-corrected chi connectivity index (χ0v) is 14.6. The number of phenolic OH excluding ortho intramolecular Hbond substituents is 1. The Morgan fingerprint density at radius 1 is 1.30 bits per heavy atom. The number of rotatable bonds is 7. The highest BCUT2D eigenvalue weighted by Crippen LogP contribution is 2.26. The van der Waals surface area contributed by atoms with E-state index in [0.29, 0.717) is 23.7 Å². The van der Waals surface area contributed by atoms with E-state index in [4.69, 9.17) is 4.74 Å². The van der Waals surface area contributed by atoms with Crippen molar-refractivity contribution in [2.75, 3.05) is 6.61 Å². The van der Waals surface area contributed by atoms with Gasteiger partial charge in [0, 0.05) is 5.56 Å². The molecular formula is C18H18N6O3. The largest absolute Gasteiger partial charge is 0.504 e. The fraction of sp³-hybridized carbons (Fsp3) is 0.167. The summed E-state index contributed by atoms with van der Waals surface area (Å²) in [7, 11) is 0. The fourth-order valence-corrected chi connectivity index (χ4v) is 2.24. The minimum atomic E-state index is -0.396. The van der Waals surface area contributed by atoms with Gasteiger partial charge in [-0.1, -0.05) is 30.3 Å². The minimum Gasteiger partial charge on any atom is -0.504 e. The molecule has 1 aromatic heterocycles. The van der Waals surface area contributed by atoms with Crippen molar-refractivity contribution in [3.05, 3.63) is 54.1 Å². The summed E-state index contributed by atoms with van der Waals surface area (Å²) >= 11 is 0. The Morgan fingerprint density at radius 2 is 2.11 bits per heavy atom. The predicted octanol–water partition coefficient (Wildman–Crippen LogP) is 1.59. The smallest absolute Gasteiger partial charge is 0.263 e. The van der Waals surface area contributed by atoms with Crippen LogP contribution in [0.2, 0.25) is 0 Å². The fourth-order valence-electron chi connectivity index (χ4n) is 2.24. The monoisotopic (exact) mass is 366 g/mol. The number of carbonyl (C=O) groups excluding carboxylic acids is 1. The Morgan fingerprint density at radius 3 is 2.89 bits per heavy atom. The first kappa shape index (κ1) is 18.1. The van der Waals surface area contributed by atoms with Gasteiger partial charge in [0.15, 0.2) is 11.5 Å². The Hall–Kier alpha value is -3.75. The maximum atomic E-state index is 12.0. The van der Waals surface area contributed by atoms with Gasteiger partial charge in [0.1, 0.15) is 6.54 Å². The molecule has 3 aromatic rings. The summed E-state index contributed by atoms with van der Waals surface area (Å²) in [5, 5.41) is 25.5. The number of aromatic nitrogens is 4. The van der Waals surface area contributed by atoms with E-state index in [9.17, 15) is 9.90 Å². The molecule has 0 bridgehead atoms. The lowest BCUT2D eigenvalue weighted by molar-refractivity contribution is -0.122. The number of amides is 1. The van der Waals surface area contributed by atoms with Gasteiger partial charge in [0.25, 0.3) is 5.91 Å². The van der Waals surface area contributed by atoms with Crippen LogP contribution in [-0.4, -0.2) is 44.0 Å². The Kier molecular flexibility index (Phi) is 5.73.